The van der Waals surface area contributed by atoms with Gasteiger partial charge in [-0.05, 0) is 31.2 Å². The molecular formula is C17H14Cl2N4. The highest BCUT2D eigenvalue weighted by Crippen LogP contribution is 2.27. The van der Waals surface area contributed by atoms with Gasteiger partial charge in [0.25, 0.3) is 0 Å². The molecule has 1 heterocycles. The number of rotatable bonds is 4. The number of hydrogen-bond donors (Lipinski definition) is 2. The van der Waals surface area contributed by atoms with Crippen LogP contribution in [0.5, 0.6) is 0 Å². The highest BCUT2D eigenvalue weighted by atomic mass is 35.5. The molecule has 0 aliphatic rings. The van der Waals surface area contributed by atoms with E-state index in [1.54, 1.807) is 6.07 Å². The molecule has 116 valence electrons. The lowest BCUT2D eigenvalue weighted by Gasteiger charge is -2.11. The number of para-hydroxylation sites is 2. The van der Waals surface area contributed by atoms with Gasteiger partial charge in [0.05, 0.1) is 21.4 Å². The number of nitrogens with one attached hydrogen (secondary N) is 2. The molecule has 3 rings (SSSR count). The molecule has 4 nitrogen and oxygen atoms in total. The summed E-state index contributed by atoms with van der Waals surface area (Å²) in [6.07, 6.45) is 0. The number of anilines is 4. The molecule has 2 aromatic carbocycles. The van der Waals surface area contributed by atoms with E-state index in [0.717, 1.165) is 11.4 Å². The van der Waals surface area contributed by atoms with Gasteiger partial charge in [-0.2, -0.15) is 0 Å². The van der Waals surface area contributed by atoms with Gasteiger partial charge in [-0.1, -0.05) is 47.5 Å². The lowest BCUT2D eigenvalue weighted by Crippen LogP contribution is -2.02. The number of aromatic nitrogens is 2. The first-order chi connectivity index (χ1) is 11.1. The molecule has 0 saturated carbocycles. The van der Waals surface area contributed by atoms with Gasteiger partial charge in [-0.3, -0.25) is 0 Å². The number of benzene rings is 2. The Morgan fingerprint density at radius 1 is 0.739 bits per heavy atom. The molecule has 3 aromatic rings. The van der Waals surface area contributed by atoms with Crippen molar-refractivity contribution in [3.8, 4) is 0 Å². The Kier molecular flexibility index (Phi) is 4.65. The van der Waals surface area contributed by atoms with Crippen LogP contribution in [0.4, 0.5) is 23.0 Å². The highest BCUT2D eigenvalue weighted by Gasteiger charge is 2.06. The van der Waals surface area contributed by atoms with Crippen LogP contribution in [0, 0.1) is 6.92 Å². The molecule has 6 heteroatoms. The second kappa shape index (κ2) is 6.86. The zero-order valence-electron chi connectivity index (χ0n) is 12.3. The van der Waals surface area contributed by atoms with E-state index in [4.69, 9.17) is 23.2 Å². The van der Waals surface area contributed by atoms with Crippen molar-refractivity contribution < 1.29 is 0 Å². The van der Waals surface area contributed by atoms with Crippen LogP contribution in [0.2, 0.25) is 10.0 Å². The Bertz CT molecular complexity index is 771. The third-order valence-corrected chi connectivity index (χ3v) is 3.77. The van der Waals surface area contributed by atoms with E-state index in [0.29, 0.717) is 27.5 Å². The van der Waals surface area contributed by atoms with E-state index in [1.807, 2.05) is 55.5 Å². The van der Waals surface area contributed by atoms with Gasteiger partial charge >= 0.3 is 0 Å². The Hall–Kier alpha value is -2.30. The van der Waals surface area contributed by atoms with Crippen molar-refractivity contribution in [1.82, 2.24) is 9.97 Å². The van der Waals surface area contributed by atoms with Crippen molar-refractivity contribution in [1.29, 1.82) is 0 Å². The first-order valence-electron chi connectivity index (χ1n) is 7.00. The van der Waals surface area contributed by atoms with Crippen LogP contribution in [-0.4, -0.2) is 9.97 Å². The van der Waals surface area contributed by atoms with Crippen molar-refractivity contribution in [3.63, 3.8) is 0 Å². The molecule has 0 amide bonds. The molecule has 0 aliphatic carbocycles. The van der Waals surface area contributed by atoms with Crippen molar-refractivity contribution in [3.05, 3.63) is 70.5 Å². The first kappa shape index (κ1) is 15.6. The number of nitrogens with zero attached hydrogens (tertiary/aromatic N) is 2. The van der Waals surface area contributed by atoms with Crippen molar-refractivity contribution in [2.24, 2.45) is 0 Å². The molecule has 0 saturated heterocycles. The second-order valence-electron chi connectivity index (χ2n) is 4.90. The monoisotopic (exact) mass is 344 g/mol. The fourth-order valence-corrected chi connectivity index (χ4v) is 2.46. The normalized spacial score (nSPS) is 10.4. The summed E-state index contributed by atoms with van der Waals surface area (Å²) in [5.41, 5.74) is 1.58. The molecule has 23 heavy (non-hydrogen) atoms. The van der Waals surface area contributed by atoms with Crippen LogP contribution in [-0.2, 0) is 0 Å². The molecular weight excluding hydrogens is 331 g/mol. The second-order valence-corrected chi connectivity index (χ2v) is 5.71. The third kappa shape index (κ3) is 3.92. The number of hydrogen-bond acceptors (Lipinski definition) is 4. The van der Waals surface area contributed by atoms with Crippen molar-refractivity contribution in [2.75, 3.05) is 10.6 Å². The van der Waals surface area contributed by atoms with Gasteiger partial charge in [0.2, 0.25) is 0 Å². The Balaban J connectivity index is 1.88. The van der Waals surface area contributed by atoms with Gasteiger partial charge in [-0.15, -0.1) is 0 Å². The molecule has 0 atom stereocenters. The summed E-state index contributed by atoms with van der Waals surface area (Å²) in [6, 6.07) is 16.8. The predicted molar refractivity (Wildman–Crippen MR) is 96.2 cm³/mol. The third-order valence-electron chi connectivity index (χ3n) is 3.11. The molecule has 0 bridgehead atoms. The molecule has 0 spiro atoms. The van der Waals surface area contributed by atoms with Crippen LogP contribution in [0.3, 0.4) is 0 Å². The summed E-state index contributed by atoms with van der Waals surface area (Å²) in [6.45, 7) is 1.83. The van der Waals surface area contributed by atoms with Crippen LogP contribution >= 0.6 is 23.2 Å². The summed E-state index contributed by atoms with van der Waals surface area (Å²) in [7, 11) is 0. The van der Waals surface area contributed by atoms with Crippen LogP contribution in [0.25, 0.3) is 0 Å². The molecule has 1 aromatic heterocycles. The smallest absolute Gasteiger partial charge is 0.136 e. The Morgan fingerprint density at radius 3 is 1.61 bits per heavy atom. The maximum atomic E-state index is 6.17. The minimum atomic E-state index is 0.629. The zero-order valence-corrected chi connectivity index (χ0v) is 13.9. The highest BCUT2D eigenvalue weighted by molar-refractivity contribution is 6.33. The van der Waals surface area contributed by atoms with Gasteiger partial charge in [0, 0.05) is 6.07 Å². The van der Waals surface area contributed by atoms with E-state index in [2.05, 4.69) is 20.6 Å². The quantitative estimate of drug-likeness (QED) is 0.648. The van der Waals surface area contributed by atoms with Crippen LogP contribution in [0.15, 0.2) is 54.6 Å². The largest absolute Gasteiger partial charge is 0.339 e. The lowest BCUT2D eigenvalue weighted by molar-refractivity contribution is 1.06. The molecule has 2 N–H and O–H groups in total. The summed E-state index contributed by atoms with van der Waals surface area (Å²) in [5.74, 6) is 1.94. The maximum absolute atomic E-state index is 6.17. The summed E-state index contributed by atoms with van der Waals surface area (Å²) < 4.78 is 0. The van der Waals surface area contributed by atoms with Crippen molar-refractivity contribution >= 4 is 46.2 Å². The Morgan fingerprint density at radius 2 is 1.17 bits per heavy atom. The van der Waals surface area contributed by atoms with E-state index in [1.165, 1.54) is 0 Å². The van der Waals surface area contributed by atoms with E-state index >= 15 is 0 Å². The number of halogens is 2. The van der Waals surface area contributed by atoms with Gasteiger partial charge in [0.1, 0.15) is 17.5 Å². The predicted octanol–water partition coefficient (Wildman–Crippen LogP) is 5.58. The first-order valence-corrected chi connectivity index (χ1v) is 7.76. The number of aryl methyl sites for hydroxylation is 1. The molecule has 0 unspecified atom stereocenters. The molecule has 0 aliphatic heterocycles. The maximum Gasteiger partial charge on any atom is 0.136 e. The summed E-state index contributed by atoms with van der Waals surface area (Å²) >= 11 is 12.3. The summed E-state index contributed by atoms with van der Waals surface area (Å²) in [5, 5.41) is 7.65. The minimum absolute atomic E-state index is 0.629. The zero-order chi connectivity index (χ0) is 16.2. The molecule has 0 fully saturated rings. The minimum Gasteiger partial charge on any atom is -0.339 e. The topological polar surface area (TPSA) is 49.8 Å². The average Bonchev–Trinajstić information content (AvgIpc) is 2.51. The fraction of sp³-hybridized carbons (Fsp3) is 0.0588. The SMILES string of the molecule is Cc1nc(Nc2ccccc2Cl)cc(Nc2ccccc2Cl)n1. The van der Waals surface area contributed by atoms with Gasteiger partial charge in [0.15, 0.2) is 0 Å². The van der Waals surface area contributed by atoms with E-state index in [9.17, 15) is 0 Å². The van der Waals surface area contributed by atoms with Gasteiger partial charge < -0.3 is 10.6 Å². The van der Waals surface area contributed by atoms with E-state index < -0.39 is 0 Å². The van der Waals surface area contributed by atoms with E-state index in [-0.39, 0.29) is 0 Å². The molecule has 0 radical (unpaired) electrons. The van der Waals surface area contributed by atoms with Crippen molar-refractivity contribution in [2.45, 2.75) is 6.92 Å². The fourth-order valence-electron chi connectivity index (χ4n) is 2.10. The standard InChI is InChI=1S/C17H14Cl2N4/c1-11-20-16(22-14-8-4-2-6-12(14)18)10-17(21-11)23-15-9-5-3-7-13(15)19/h2-10H,1H3,(H2,20,21,22,23). The van der Waals surface area contributed by atoms with Crippen LogP contribution < -0.4 is 10.6 Å². The summed E-state index contributed by atoms with van der Waals surface area (Å²) in [4.78, 5) is 8.76. The van der Waals surface area contributed by atoms with Gasteiger partial charge in [-0.25, -0.2) is 9.97 Å². The average molecular weight is 345 g/mol. The van der Waals surface area contributed by atoms with Crippen LogP contribution in [0.1, 0.15) is 5.82 Å². The Labute approximate surface area is 144 Å². The lowest BCUT2D eigenvalue weighted by atomic mass is 10.3.